The Morgan fingerprint density at radius 1 is 1.25 bits per heavy atom. The van der Waals surface area contributed by atoms with Crippen LogP contribution in [0.2, 0.25) is 0 Å². The number of hydrogen-bond acceptors (Lipinski definition) is 4. The lowest BCUT2D eigenvalue weighted by molar-refractivity contribution is -0.127. The summed E-state index contributed by atoms with van der Waals surface area (Å²) in [5.41, 5.74) is 2.39. The van der Waals surface area contributed by atoms with Crippen LogP contribution in [0, 0.1) is 13.8 Å². The lowest BCUT2D eigenvalue weighted by atomic mass is 10.1. The van der Waals surface area contributed by atoms with E-state index in [1.807, 2.05) is 30.3 Å². The van der Waals surface area contributed by atoms with Crippen molar-refractivity contribution in [2.45, 2.75) is 32.7 Å². The van der Waals surface area contributed by atoms with E-state index in [2.05, 4.69) is 5.10 Å². The topological polar surface area (TPSA) is 75.4 Å². The van der Waals surface area contributed by atoms with E-state index in [1.165, 1.54) is 4.90 Å². The zero-order valence-corrected chi connectivity index (χ0v) is 13.9. The van der Waals surface area contributed by atoms with E-state index in [1.54, 1.807) is 18.5 Å². The van der Waals surface area contributed by atoms with Gasteiger partial charge in [-0.25, -0.2) is 4.68 Å². The lowest BCUT2D eigenvalue weighted by Gasteiger charge is -2.22. The van der Waals surface area contributed by atoms with Gasteiger partial charge in [-0.1, -0.05) is 18.2 Å². The normalized spacial score (nSPS) is 17.3. The molecule has 6 nitrogen and oxygen atoms in total. The van der Waals surface area contributed by atoms with Gasteiger partial charge in [-0.2, -0.15) is 5.10 Å². The van der Waals surface area contributed by atoms with Crippen LogP contribution in [0.5, 0.6) is 0 Å². The van der Waals surface area contributed by atoms with Gasteiger partial charge < -0.3 is 10.0 Å². The molecule has 0 bridgehead atoms. The Balaban J connectivity index is 1.93. The van der Waals surface area contributed by atoms with Gasteiger partial charge in [0.2, 0.25) is 0 Å². The molecule has 6 heteroatoms. The van der Waals surface area contributed by atoms with E-state index in [0.717, 1.165) is 18.5 Å². The number of carbonyl (C=O) groups excluding carboxylic acids is 2. The van der Waals surface area contributed by atoms with Gasteiger partial charge >= 0.3 is 0 Å². The van der Waals surface area contributed by atoms with E-state index < -0.39 is 11.7 Å². The van der Waals surface area contributed by atoms with Crippen molar-refractivity contribution in [2.24, 2.45) is 0 Å². The zero-order valence-electron chi connectivity index (χ0n) is 13.9. The molecule has 1 aromatic heterocycles. The maximum Gasteiger partial charge on any atom is 0.295 e. The molecule has 0 aliphatic carbocycles. The number of Topliss-reactive ketones (excluding diaryl/α,β-unsaturated/α-hetero) is 1. The van der Waals surface area contributed by atoms with Crippen molar-refractivity contribution in [1.29, 1.82) is 0 Å². The van der Waals surface area contributed by atoms with Crippen molar-refractivity contribution in [3.63, 3.8) is 0 Å². The summed E-state index contributed by atoms with van der Waals surface area (Å²) in [4.78, 5) is 26.8. The van der Waals surface area contributed by atoms with E-state index >= 15 is 0 Å². The van der Waals surface area contributed by atoms with Crippen LogP contribution in [0.15, 0.2) is 30.3 Å². The molecule has 1 fully saturated rings. The number of ketones is 1. The summed E-state index contributed by atoms with van der Waals surface area (Å²) in [5, 5.41) is 13.8. The SMILES string of the molecule is Cc1nn(-c2ccccc2)c(C)c1C(=O)C(=O)N1CCC[C@@H]1CO. The molecule has 3 rings (SSSR count). The molecule has 0 radical (unpaired) electrons. The summed E-state index contributed by atoms with van der Waals surface area (Å²) in [6.07, 6.45) is 1.54. The lowest BCUT2D eigenvalue weighted by Crippen LogP contribution is -2.42. The number of hydrogen-bond donors (Lipinski definition) is 1. The first-order valence-corrected chi connectivity index (χ1v) is 8.12. The number of nitrogens with zero attached hydrogens (tertiary/aromatic N) is 3. The van der Waals surface area contributed by atoms with Crippen LogP contribution < -0.4 is 0 Å². The molecule has 1 N–H and O–H groups in total. The van der Waals surface area contributed by atoms with E-state index in [-0.39, 0.29) is 12.6 Å². The van der Waals surface area contributed by atoms with E-state index in [0.29, 0.717) is 23.5 Å². The molecule has 1 amide bonds. The monoisotopic (exact) mass is 327 g/mol. The summed E-state index contributed by atoms with van der Waals surface area (Å²) in [5.74, 6) is -1.10. The molecule has 24 heavy (non-hydrogen) atoms. The van der Waals surface area contributed by atoms with E-state index in [9.17, 15) is 14.7 Å². The second-order valence-corrected chi connectivity index (χ2v) is 6.10. The number of aliphatic hydroxyl groups excluding tert-OH is 1. The highest BCUT2D eigenvalue weighted by atomic mass is 16.3. The molecular formula is C18H21N3O3. The summed E-state index contributed by atoms with van der Waals surface area (Å²) < 4.78 is 1.68. The minimum absolute atomic E-state index is 0.111. The number of rotatable bonds is 4. The van der Waals surface area contributed by atoms with Crippen molar-refractivity contribution < 1.29 is 14.7 Å². The Kier molecular flexibility index (Phi) is 4.49. The van der Waals surface area contributed by atoms with Crippen LogP contribution in [-0.2, 0) is 4.79 Å². The summed E-state index contributed by atoms with van der Waals surface area (Å²) >= 11 is 0. The molecule has 1 atom stereocenters. The number of para-hydroxylation sites is 1. The molecule has 0 unspecified atom stereocenters. The fraction of sp³-hybridized carbons (Fsp3) is 0.389. The summed E-state index contributed by atoms with van der Waals surface area (Å²) in [7, 11) is 0. The molecule has 1 aliphatic heterocycles. The first-order chi connectivity index (χ1) is 11.5. The summed E-state index contributed by atoms with van der Waals surface area (Å²) in [6.45, 7) is 3.93. The van der Waals surface area contributed by atoms with Gasteiger partial charge in [0.25, 0.3) is 11.7 Å². The first-order valence-electron chi connectivity index (χ1n) is 8.12. The quantitative estimate of drug-likeness (QED) is 0.684. The molecule has 0 spiro atoms. The standard InChI is InChI=1S/C18H21N3O3/c1-12-16(13(2)21(19-12)14-7-4-3-5-8-14)17(23)18(24)20-10-6-9-15(20)11-22/h3-5,7-8,15,22H,6,9-11H2,1-2H3/t15-/m1/s1. The third kappa shape index (κ3) is 2.73. The van der Waals surface area contributed by atoms with Gasteiger partial charge in [0.15, 0.2) is 0 Å². The van der Waals surface area contributed by atoms with Crippen molar-refractivity contribution >= 4 is 11.7 Å². The van der Waals surface area contributed by atoms with Gasteiger partial charge in [-0.3, -0.25) is 9.59 Å². The van der Waals surface area contributed by atoms with Crippen LogP contribution in [-0.4, -0.2) is 50.7 Å². The fourth-order valence-corrected chi connectivity index (χ4v) is 3.32. The third-order valence-corrected chi connectivity index (χ3v) is 4.56. The Labute approximate surface area is 140 Å². The predicted molar refractivity (Wildman–Crippen MR) is 89.2 cm³/mol. The van der Waals surface area contributed by atoms with Crippen molar-refractivity contribution in [1.82, 2.24) is 14.7 Å². The maximum atomic E-state index is 12.8. The maximum absolute atomic E-state index is 12.8. The third-order valence-electron chi connectivity index (χ3n) is 4.56. The van der Waals surface area contributed by atoms with Crippen LogP contribution >= 0.6 is 0 Å². The Morgan fingerprint density at radius 3 is 2.62 bits per heavy atom. The Morgan fingerprint density at radius 2 is 1.96 bits per heavy atom. The molecule has 0 saturated carbocycles. The summed E-state index contributed by atoms with van der Waals surface area (Å²) in [6, 6.07) is 9.25. The van der Waals surface area contributed by atoms with Crippen molar-refractivity contribution in [3.05, 3.63) is 47.3 Å². The van der Waals surface area contributed by atoms with Gasteiger partial charge in [-0.05, 0) is 38.8 Å². The minimum Gasteiger partial charge on any atom is -0.394 e. The fourth-order valence-electron chi connectivity index (χ4n) is 3.32. The predicted octanol–water partition coefficient (Wildman–Crippen LogP) is 1.66. The second kappa shape index (κ2) is 6.57. The van der Waals surface area contributed by atoms with Crippen LogP contribution in [0.1, 0.15) is 34.6 Å². The molecular weight excluding hydrogens is 306 g/mol. The molecule has 126 valence electrons. The van der Waals surface area contributed by atoms with Gasteiger partial charge in [-0.15, -0.1) is 0 Å². The highest BCUT2D eigenvalue weighted by Crippen LogP contribution is 2.22. The second-order valence-electron chi connectivity index (χ2n) is 6.10. The van der Waals surface area contributed by atoms with Gasteiger partial charge in [0, 0.05) is 6.54 Å². The van der Waals surface area contributed by atoms with E-state index in [4.69, 9.17) is 0 Å². The average molecular weight is 327 g/mol. The first kappa shape index (κ1) is 16.4. The van der Waals surface area contributed by atoms with Crippen molar-refractivity contribution in [3.8, 4) is 5.69 Å². The number of likely N-dealkylation sites (tertiary alicyclic amines) is 1. The smallest absolute Gasteiger partial charge is 0.295 e. The van der Waals surface area contributed by atoms with Crippen LogP contribution in [0.4, 0.5) is 0 Å². The van der Waals surface area contributed by atoms with Crippen molar-refractivity contribution in [2.75, 3.05) is 13.2 Å². The number of aliphatic hydroxyl groups is 1. The van der Waals surface area contributed by atoms with Crippen LogP contribution in [0.25, 0.3) is 5.69 Å². The number of amides is 1. The number of carbonyl (C=O) groups is 2. The molecule has 2 aromatic rings. The average Bonchev–Trinajstić information content (AvgIpc) is 3.18. The zero-order chi connectivity index (χ0) is 17.3. The Bertz CT molecular complexity index is 767. The highest BCUT2D eigenvalue weighted by Gasteiger charge is 2.34. The Hall–Kier alpha value is -2.47. The molecule has 1 aliphatic rings. The largest absolute Gasteiger partial charge is 0.394 e. The van der Waals surface area contributed by atoms with Crippen LogP contribution in [0.3, 0.4) is 0 Å². The number of benzene rings is 1. The molecule has 1 saturated heterocycles. The van der Waals surface area contributed by atoms with Gasteiger partial charge in [0.05, 0.1) is 35.3 Å². The number of aryl methyl sites for hydroxylation is 1. The highest BCUT2D eigenvalue weighted by molar-refractivity contribution is 6.43. The molecule has 2 heterocycles. The van der Waals surface area contributed by atoms with Gasteiger partial charge in [0.1, 0.15) is 0 Å². The minimum atomic E-state index is -0.551. The number of aromatic nitrogens is 2. The molecule has 1 aromatic carbocycles.